The van der Waals surface area contributed by atoms with Gasteiger partial charge in [0.1, 0.15) is 11.6 Å². The van der Waals surface area contributed by atoms with Crippen LogP contribution in [-0.2, 0) is 6.42 Å². The van der Waals surface area contributed by atoms with Crippen LogP contribution in [0.5, 0.6) is 0 Å². The standard InChI is InChI=1S/C17H24F2O/c1-12(2)11-17(5-3-4-6-17)16(20)9-13-7-14(18)10-15(19)8-13/h7-8,10,12,16,20H,3-6,9,11H2,1-2H3. The first-order chi connectivity index (χ1) is 9.41. The van der Waals surface area contributed by atoms with Crippen molar-refractivity contribution in [3.8, 4) is 0 Å². The fourth-order valence-corrected chi connectivity index (χ4v) is 3.73. The molecule has 1 aliphatic carbocycles. The molecule has 0 aliphatic heterocycles. The van der Waals surface area contributed by atoms with Gasteiger partial charge in [0.15, 0.2) is 0 Å². The monoisotopic (exact) mass is 282 g/mol. The van der Waals surface area contributed by atoms with E-state index in [1.807, 2.05) is 0 Å². The summed E-state index contributed by atoms with van der Waals surface area (Å²) in [6.45, 7) is 4.32. The molecule has 20 heavy (non-hydrogen) atoms. The second-order valence-electron chi connectivity index (χ2n) is 6.67. The molecule has 1 nitrogen and oxygen atoms in total. The lowest BCUT2D eigenvalue weighted by Gasteiger charge is -2.36. The zero-order valence-electron chi connectivity index (χ0n) is 12.3. The second-order valence-corrected chi connectivity index (χ2v) is 6.67. The molecule has 1 atom stereocenters. The zero-order valence-corrected chi connectivity index (χ0v) is 12.3. The summed E-state index contributed by atoms with van der Waals surface area (Å²) in [5.74, 6) is -0.625. The van der Waals surface area contributed by atoms with Crippen LogP contribution in [0.15, 0.2) is 18.2 Å². The van der Waals surface area contributed by atoms with Gasteiger partial charge in [0, 0.05) is 6.07 Å². The molecule has 0 saturated heterocycles. The van der Waals surface area contributed by atoms with E-state index in [1.165, 1.54) is 12.1 Å². The van der Waals surface area contributed by atoms with E-state index >= 15 is 0 Å². The third-order valence-corrected chi connectivity index (χ3v) is 4.47. The number of aliphatic hydroxyl groups excluding tert-OH is 1. The number of halogens is 2. The van der Waals surface area contributed by atoms with Crippen molar-refractivity contribution in [1.29, 1.82) is 0 Å². The molecule has 0 radical (unpaired) electrons. The predicted molar refractivity (Wildman–Crippen MR) is 76.4 cm³/mol. The summed E-state index contributed by atoms with van der Waals surface area (Å²) >= 11 is 0. The van der Waals surface area contributed by atoms with Gasteiger partial charge in [-0.05, 0) is 54.7 Å². The van der Waals surface area contributed by atoms with E-state index in [0.717, 1.165) is 38.2 Å². The summed E-state index contributed by atoms with van der Waals surface area (Å²) in [7, 11) is 0. The first kappa shape index (κ1) is 15.4. The molecule has 3 heteroatoms. The minimum atomic E-state index is -0.573. The zero-order chi connectivity index (χ0) is 14.8. The molecule has 2 rings (SSSR count). The highest BCUT2D eigenvalue weighted by Crippen LogP contribution is 2.46. The van der Waals surface area contributed by atoms with Crippen LogP contribution >= 0.6 is 0 Å². The van der Waals surface area contributed by atoms with Crippen molar-refractivity contribution in [2.75, 3.05) is 0 Å². The Kier molecular flexibility index (Phi) is 4.79. The summed E-state index contributed by atoms with van der Waals surface area (Å²) in [5.41, 5.74) is 0.474. The normalized spacial score (nSPS) is 19.5. The average Bonchev–Trinajstić information content (AvgIpc) is 2.76. The largest absolute Gasteiger partial charge is 0.392 e. The Morgan fingerprint density at radius 1 is 1.10 bits per heavy atom. The lowest BCUT2D eigenvalue weighted by Crippen LogP contribution is -2.35. The van der Waals surface area contributed by atoms with Crippen molar-refractivity contribution in [2.45, 2.75) is 58.5 Å². The molecule has 1 saturated carbocycles. The number of benzene rings is 1. The van der Waals surface area contributed by atoms with Crippen LogP contribution in [0, 0.1) is 23.0 Å². The Hall–Kier alpha value is -0.960. The van der Waals surface area contributed by atoms with Crippen LogP contribution in [0.2, 0.25) is 0 Å². The molecule has 1 aromatic rings. The third kappa shape index (κ3) is 3.57. The first-order valence-electron chi connectivity index (χ1n) is 7.54. The quantitative estimate of drug-likeness (QED) is 0.844. The van der Waals surface area contributed by atoms with Gasteiger partial charge in [0.05, 0.1) is 6.10 Å². The highest BCUT2D eigenvalue weighted by Gasteiger charge is 2.40. The average molecular weight is 282 g/mol. The fourth-order valence-electron chi connectivity index (χ4n) is 3.73. The minimum absolute atomic E-state index is 0.0725. The van der Waals surface area contributed by atoms with Crippen molar-refractivity contribution in [3.63, 3.8) is 0 Å². The first-order valence-corrected chi connectivity index (χ1v) is 7.54. The second kappa shape index (κ2) is 6.21. The Morgan fingerprint density at radius 2 is 1.65 bits per heavy atom. The molecule has 1 unspecified atom stereocenters. The molecule has 0 amide bonds. The Labute approximate surface area is 120 Å². The molecule has 0 aromatic heterocycles. The SMILES string of the molecule is CC(C)CC1(C(O)Cc2cc(F)cc(F)c2)CCCC1. The lowest BCUT2D eigenvalue weighted by molar-refractivity contribution is 0.0133. The summed E-state index contributed by atoms with van der Waals surface area (Å²) in [6, 6.07) is 3.52. The smallest absolute Gasteiger partial charge is 0.126 e. The van der Waals surface area contributed by atoms with Gasteiger partial charge >= 0.3 is 0 Å². The van der Waals surface area contributed by atoms with Crippen LogP contribution in [0.4, 0.5) is 8.78 Å². The molecule has 1 aromatic carbocycles. The van der Waals surface area contributed by atoms with E-state index in [0.29, 0.717) is 17.9 Å². The summed E-state index contributed by atoms with van der Waals surface area (Å²) in [6.07, 6.45) is 5.11. The Bertz CT molecular complexity index is 430. The van der Waals surface area contributed by atoms with Crippen molar-refractivity contribution in [2.24, 2.45) is 11.3 Å². The Morgan fingerprint density at radius 3 is 2.15 bits per heavy atom. The Balaban J connectivity index is 2.14. The highest BCUT2D eigenvalue weighted by atomic mass is 19.1. The van der Waals surface area contributed by atoms with Gasteiger partial charge in [-0.1, -0.05) is 26.7 Å². The molecule has 1 fully saturated rings. The van der Waals surface area contributed by atoms with Gasteiger partial charge in [-0.15, -0.1) is 0 Å². The molecule has 0 heterocycles. The fraction of sp³-hybridized carbons (Fsp3) is 0.647. The molecule has 0 spiro atoms. The van der Waals surface area contributed by atoms with Crippen molar-refractivity contribution < 1.29 is 13.9 Å². The van der Waals surface area contributed by atoms with Crippen LogP contribution in [-0.4, -0.2) is 11.2 Å². The maximum absolute atomic E-state index is 13.2. The maximum Gasteiger partial charge on any atom is 0.126 e. The molecule has 112 valence electrons. The molecular weight excluding hydrogens is 258 g/mol. The number of hydrogen-bond acceptors (Lipinski definition) is 1. The summed E-state index contributed by atoms with van der Waals surface area (Å²) in [4.78, 5) is 0. The number of aliphatic hydroxyl groups is 1. The molecule has 1 aliphatic rings. The highest BCUT2D eigenvalue weighted by molar-refractivity contribution is 5.19. The number of rotatable bonds is 5. The lowest BCUT2D eigenvalue weighted by atomic mass is 9.72. The van der Waals surface area contributed by atoms with E-state index in [4.69, 9.17) is 0 Å². The number of hydrogen-bond donors (Lipinski definition) is 1. The molecular formula is C17H24F2O. The predicted octanol–water partition coefficient (Wildman–Crippen LogP) is 4.47. The van der Waals surface area contributed by atoms with Gasteiger partial charge in [-0.25, -0.2) is 8.78 Å². The van der Waals surface area contributed by atoms with E-state index in [2.05, 4.69) is 13.8 Å². The van der Waals surface area contributed by atoms with Crippen molar-refractivity contribution >= 4 is 0 Å². The van der Waals surface area contributed by atoms with Gasteiger partial charge in [0.25, 0.3) is 0 Å². The van der Waals surface area contributed by atoms with Gasteiger partial charge < -0.3 is 5.11 Å². The van der Waals surface area contributed by atoms with Gasteiger partial charge in [-0.2, -0.15) is 0 Å². The van der Waals surface area contributed by atoms with Crippen LogP contribution in [0.3, 0.4) is 0 Å². The molecule has 0 bridgehead atoms. The topological polar surface area (TPSA) is 20.2 Å². The van der Waals surface area contributed by atoms with E-state index in [1.54, 1.807) is 0 Å². The third-order valence-electron chi connectivity index (χ3n) is 4.47. The van der Waals surface area contributed by atoms with Crippen molar-refractivity contribution in [3.05, 3.63) is 35.4 Å². The summed E-state index contributed by atoms with van der Waals surface area (Å²) in [5, 5.41) is 10.6. The maximum atomic E-state index is 13.2. The van der Waals surface area contributed by atoms with Crippen LogP contribution < -0.4 is 0 Å². The van der Waals surface area contributed by atoms with E-state index < -0.39 is 17.7 Å². The van der Waals surface area contributed by atoms with Gasteiger partial charge in [-0.3, -0.25) is 0 Å². The van der Waals surface area contributed by atoms with Gasteiger partial charge in [0.2, 0.25) is 0 Å². The van der Waals surface area contributed by atoms with Crippen LogP contribution in [0.25, 0.3) is 0 Å². The molecule has 1 N–H and O–H groups in total. The van der Waals surface area contributed by atoms with E-state index in [-0.39, 0.29) is 5.41 Å². The minimum Gasteiger partial charge on any atom is -0.392 e. The van der Waals surface area contributed by atoms with Crippen LogP contribution in [0.1, 0.15) is 51.5 Å². The van der Waals surface area contributed by atoms with E-state index in [9.17, 15) is 13.9 Å². The summed E-state index contributed by atoms with van der Waals surface area (Å²) < 4.78 is 26.5. The van der Waals surface area contributed by atoms with Crippen molar-refractivity contribution in [1.82, 2.24) is 0 Å².